The van der Waals surface area contributed by atoms with Crippen LogP contribution in [0.3, 0.4) is 0 Å². The Labute approximate surface area is 163 Å². The zero-order chi connectivity index (χ0) is 18.7. The van der Waals surface area contributed by atoms with E-state index in [9.17, 15) is 9.59 Å². The van der Waals surface area contributed by atoms with Crippen LogP contribution in [0.2, 0.25) is 0 Å². The maximum absolute atomic E-state index is 12.8. The van der Waals surface area contributed by atoms with Gasteiger partial charge in [0.15, 0.2) is 5.76 Å². The van der Waals surface area contributed by atoms with Crippen molar-refractivity contribution in [2.45, 2.75) is 17.7 Å². The molecular formula is C21H22N2O3S. The highest BCUT2D eigenvalue weighted by molar-refractivity contribution is 8.00. The Balaban J connectivity index is 1.42. The van der Waals surface area contributed by atoms with Gasteiger partial charge in [-0.15, -0.1) is 11.8 Å². The fourth-order valence-corrected chi connectivity index (χ4v) is 5.23. The lowest BCUT2D eigenvalue weighted by atomic mass is 10.0. The second kappa shape index (κ2) is 7.64. The van der Waals surface area contributed by atoms with Crippen LogP contribution in [0.1, 0.15) is 29.0 Å². The molecule has 0 saturated carbocycles. The Bertz CT molecular complexity index is 824. The highest BCUT2D eigenvalue weighted by Crippen LogP contribution is 2.44. The smallest absolute Gasteiger partial charge is 0.289 e. The minimum Gasteiger partial charge on any atom is -0.459 e. The van der Waals surface area contributed by atoms with Gasteiger partial charge >= 0.3 is 0 Å². The minimum atomic E-state index is -0.196. The molecule has 2 aliphatic rings. The number of carbonyl (C=O) groups is 2. The molecule has 6 heteroatoms. The largest absolute Gasteiger partial charge is 0.459 e. The average Bonchev–Trinajstić information content (AvgIpc) is 3.38. The first-order valence-electron chi connectivity index (χ1n) is 9.19. The molecule has 1 aromatic carbocycles. The van der Waals surface area contributed by atoms with Gasteiger partial charge in [-0.3, -0.25) is 9.59 Å². The Morgan fingerprint density at radius 1 is 1.04 bits per heavy atom. The number of piperidine rings is 1. The number of nitrogens with zero attached hydrogens (tertiary/aromatic N) is 2. The summed E-state index contributed by atoms with van der Waals surface area (Å²) in [6.07, 6.45) is 6.63. The quantitative estimate of drug-likeness (QED) is 0.763. The molecular weight excluding hydrogens is 360 g/mol. The third-order valence-electron chi connectivity index (χ3n) is 5.23. The molecule has 0 aliphatic carbocycles. The molecule has 2 saturated heterocycles. The number of likely N-dealkylation sites (tertiary alicyclic amines) is 1. The lowest BCUT2D eigenvalue weighted by Crippen LogP contribution is -2.53. The van der Waals surface area contributed by atoms with Crippen molar-refractivity contribution in [2.24, 2.45) is 0 Å². The first kappa shape index (κ1) is 17.9. The lowest BCUT2D eigenvalue weighted by Gasteiger charge is -2.43. The van der Waals surface area contributed by atoms with E-state index in [4.69, 9.17) is 4.42 Å². The Morgan fingerprint density at radius 2 is 1.81 bits per heavy atom. The zero-order valence-corrected chi connectivity index (χ0v) is 15.9. The van der Waals surface area contributed by atoms with E-state index in [1.807, 2.05) is 58.0 Å². The molecule has 3 heterocycles. The summed E-state index contributed by atoms with van der Waals surface area (Å²) in [5.74, 6) is 1.30. The summed E-state index contributed by atoms with van der Waals surface area (Å²) in [5, 5.41) is 0. The van der Waals surface area contributed by atoms with E-state index >= 15 is 0 Å². The Morgan fingerprint density at radius 3 is 2.52 bits per heavy atom. The molecule has 0 bridgehead atoms. The van der Waals surface area contributed by atoms with Crippen LogP contribution in [0.25, 0.3) is 6.08 Å². The standard InChI is InChI=1S/C21H22N2O3S/c24-19(9-8-17-5-2-1-3-6-17)23-14-16-27-21(23)10-12-22(13-11-21)20(25)18-7-4-15-26-18/h1-9,15H,10-14,16H2/b9-8+. The third-order valence-corrected chi connectivity index (χ3v) is 6.78. The lowest BCUT2D eigenvalue weighted by molar-refractivity contribution is -0.129. The van der Waals surface area contributed by atoms with Crippen molar-refractivity contribution < 1.29 is 14.0 Å². The van der Waals surface area contributed by atoms with E-state index in [0.29, 0.717) is 18.8 Å². The highest BCUT2D eigenvalue weighted by Gasteiger charge is 2.46. The van der Waals surface area contributed by atoms with Crippen LogP contribution in [0.5, 0.6) is 0 Å². The molecule has 0 N–H and O–H groups in total. The van der Waals surface area contributed by atoms with Crippen molar-refractivity contribution in [1.29, 1.82) is 0 Å². The van der Waals surface area contributed by atoms with Crippen molar-refractivity contribution in [3.05, 3.63) is 66.1 Å². The molecule has 4 rings (SSSR count). The molecule has 27 heavy (non-hydrogen) atoms. The second-order valence-corrected chi connectivity index (χ2v) is 8.25. The van der Waals surface area contributed by atoms with Crippen molar-refractivity contribution in [2.75, 3.05) is 25.4 Å². The molecule has 140 valence electrons. The molecule has 1 spiro atoms. The Hall–Kier alpha value is -2.47. The van der Waals surface area contributed by atoms with Crippen LogP contribution in [0.15, 0.2) is 59.2 Å². The zero-order valence-electron chi connectivity index (χ0n) is 15.0. The predicted octanol–water partition coefficient (Wildman–Crippen LogP) is 3.50. The molecule has 1 aromatic heterocycles. The molecule has 2 amide bonds. The van der Waals surface area contributed by atoms with Gasteiger partial charge in [-0.05, 0) is 36.6 Å². The third kappa shape index (κ3) is 3.67. The van der Waals surface area contributed by atoms with Gasteiger partial charge in [0.2, 0.25) is 5.91 Å². The number of carbonyl (C=O) groups excluding carboxylic acids is 2. The van der Waals surface area contributed by atoms with Crippen LogP contribution >= 0.6 is 11.8 Å². The van der Waals surface area contributed by atoms with Crippen molar-refractivity contribution in [3.8, 4) is 0 Å². The van der Waals surface area contributed by atoms with E-state index in [1.54, 1.807) is 18.2 Å². The first-order chi connectivity index (χ1) is 13.2. The van der Waals surface area contributed by atoms with Gasteiger partial charge in [0.05, 0.1) is 11.1 Å². The topological polar surface area (TPSA) is 53.8 Å². The molecule has 2 aromatic rings. The Kier molecular flexibility index (Phi) is 5.07. The van der Waals surface area contributed by atoms with Gasteiger partial charge in [-0.2, -0.15) is 0 Å². The summed E-state index contributed by atoms with van der Waals surface area (Å²) >= 11 is 1.84. The molecule has 5 nitrogen and oxygen atoms in total. The number of hydrogen-bond donors (Lipinski definition) is 0. The van der Waals surface area contributed by atoms with Gasteiger partial charge in [-0.25, -0.2) is 0 Å². The van der Waals surface area contributed by atoms with E-state index in [2.05, 4.69) is 0 Å². The molecule has 0 atom stereocenters. The maximum atomic E-state index is 12.8. The number of thioether (sulfide) groups is 1. The summed E-state index contributed by atoms with van der Waals surface area (Å²) < 4.78 is 5.23. The highest BCUT2D eigenvalue weighted by atomic mass is 32.2. The van der Waals surface area contributed by atoms with E-state index in [-0.39, 0.29) is 16.7 Å². The SMILES string of the molecule is O=C(c1ccco1)N1CCC2(CC1)SCCN2C(=O)/C=C/c1ccccc1. The summed E-state index contributed by atoms with van der Waals surface area (Å²) in [5.41, 5.74) is 1.02. The van der Waals surface area contributed by atoms with Gasteiger partial charge < -0.3 is 14.2 Å². The minimum absolute atomic E-state index is 0.0506. The fraction of sp³-hybridized carbons (Fsp3) is 0.333. The normalized spacial score (nSPS) is 19.1. The monoisotopic (exact) mass is 382 g/mol. The molecule has 0 unspecified atom stereocenters. The number of amides is 2. The fourth-order valence-electron chi connectivity index (χ4n) is 3.77. The van der Waals surface area contributed by atoms with Gasteiger partial charge in [0.1, 0.15) is 0 Å². The number of furan rings is 1. The number of hydrogen-bond acceptors (Lipinski definition) is 4. The van der Waals surface area contributed by atoms with E-state index in [1.165, 1.54) is 6.26 Å². The van der Waals surface area contributed by atoms with Crippen molar-refractivity contribution >= 4 is 29.7 Å². The second-order valence-electron chi connectivity index (χ2n) is 6.80. The van der Waals surface area contributed by atoms with E-state index < -0.39 is 0 Å². The number of benzene rings is 1. The van der Waals surface area contributed by atoms with Crippen molar-refractivity contribution in [3.63, 3.8) is 0 Å². The summed E-state index contributed by atoms with van der Waals surface area (Å²) in [7, 11) is 0. The number of rotatable bonds is 3. The van der Waals surface area contributed by atoms with Crippen LogP contribution in [0, 0.1) is 0 Å². The molecule has 2 fully saturated rings. The van der Waals surface area contributed by atoms with Gasteiger partial charge in [0.25, 0.3) is 5.91 Å². The van der Waals surface area contributed by atoms with Crippen molar-refractivity contribution in [1.82, 2.24) is 9.80 Å². The van der Waals surface area contributed by atoms with Crippen LogP contribution in [-0.2, 0) is 4.79 Å². The average molecular weight is 382 g/mol. The maximum Gasteiger partial charge on any atom is 0.289 e. The molecule has 0 radical (unpaired) electrons. The van der Waals surface area contributed by atoms with Gasteiger partial charge in [-0.1, -0.05) is 30.3 Å². The van der Waals surface area contributed by atoms with Crippen LogP contribution in [-0.4, -0.2) is 51.9 Å². The summed E-state index contributed by atoms with van der Waals surface area (Å²) in [6, 6.07) is 13.3. The van der Waals surface area contributed by atoms with Crippen LogP contribution < -0.4 is 0 Å². The van der Waals surface area contributed by atoms with Crippen LogP contribution in [0.4, 0.5) is 0 Å². The predicted molar refractivity (Wildman–Crippen MR) is 106 cm³/mol. The molecule has 2 aliphatic heterocycles. The first-order valence-corrected chi connectivity index (χ1v) is 10.2. The summed E-state index contributed by atoms with van der Waals surface area (Å²) in [4.78, 5) is 28.9. The van der Waals surface area contributed by atoms with E-state index in [0.717, 1.165) is 30.7 Å². The van der Waals surface area contributed by atoms with Gasteiger partial charge in [0, 0.05) is 31.5 Å². The summed E-state index contributed by atoms with van der Waals surface area (Å²) in [6.45, 7) is 2.03.